The van der Waals surface area contributed by atoms with Gasteiger partial charge in [0.05, 0.1) is 5.69 Å². The predicted molar refractivity (Wildman–Crippen MR) is 85.3 cm³/mol. The van der Waals surface area contributed by atoms with Crippen molar-refractivity contribution in [3.8, 4) is 5.97 Å². The predicted octanol–water partition coefficient (Wildman–Crippen LogP) is 3.94. The zero-order chi connectivity index (χ0) is 14.9. The molecule has 0 aliphatic carbocycles. The summed E-state index contributed by atoms with van der Waals surface area (Å²) in [5.41, 5.74) is 6.70. The van der Waals surface area contributed by atoms with E-state index in [0.29, 0.717) is 15.8 Å². The lowest BCUT2D eigenvalue weighted by atomic mass is 9.37. The molecule has 1 aromatic rings. The summed E-state index contributed by atoms with van der Waals surface area (Å²) in [4.78, 5) is 0. The number of nitrogens with zero attached hydrogens (tertiary/aromatic N) is 1. The number of anilines is 2. The minimum absolute atomic E-state index is 0.0487. The molecule has 1 saturated heterocycles. The topological polar surface area (TPSA) is 61.8 Å². The average molecular weight is 338 g/mol. The SMILES string of the molecule is CC1(C)CB(C#N)CCC1Nc1cc(N)c(Br)cc1F. The second-order valence-electron chi connectivity index (χ2n) is 6.15. The molecule has 20 heavy (non-hydrogen) atoms. The highest BCUT2D eigenvalue weighted by atomic mass is 79.9. The zero-order valence-corrected chi connectivity index (χ0v) is 13.3. The van der Waals surface area contributed by atoms with E-state index in [4.69, 9.17) is 11.0 Å². The maximum atomic E-state index is 14.0. The molecule has 2 rings (SSSR count). The Morgan fingerprint density at radius 3 is 2.85 bits per heavy atom. The van der Waals surface area contributed by atoms with Crippen molar-refractivity contribution in [2.45, 2.75) is 39.0 Å². The fourth-order valence-corrected chi connectivity index (χ4v) is 3.20. The van der Waals surface area contributed by atoms with Crippen molar-refractivity contribution in [3.63, 3.8) is 0 Å². The third-order valence-corrected chi connectivity index (χ3v) is 4.81. The third kappa shape index (κ3) is 3.09. The number of hydrogen-bond acceptors (Lipinski definition) is 3. The Morgan fingerprint density at radius 1 is 1.55 bits per heavy atom. The summed E-state index contributed by atoms with van der Waals surface area (Å²) >= 11 is 3.22. The minimum Gasteiger partial charge on any atom is -0.398 e. The van der Waals surface area contributed by atoms with E-state index in [2.05, 4.69) is 41.1 Å². The molecule has 1 atom stereocenters. The average Bonchev–Trinajstić information content (AvgIpc) is 2.37. The van der Waals surface area contributed by atoms with E-state index in [-0.39, 0.29) is 24.0 Å². The van der Waals surface area contributed by atoms with Crippen LogP contribution >= 0.6 is 15.9 Å². The number of nitriles is 1. The molecule has 3 nitrogen and oxygen atoms in total. The van der Waals surface area contributed by atoms with Gasteiger partial charge in [-0.05, 0) is 39.9 Å². The van der Waals surface area contributed by atoms with Gasteiger partial charge in [0.15, 0.2) is 0 Å². The van der Waals surface area contributed by atoms with Crippen molar-refractivity contribution in [2.75, 3.05) is 11.1 Å². The first-order valence-corrected chi connectivity index (χ1v) is 7.53. The Labute approximate surface area is 127 Å². The number of rotatable bonds is 2. The van der Waals surface area contributed by atoms with Gasteiger partial charge in [-0.1, -0.05) is 26.5 Å². The van der Waals surface area contributed by atoms with Crippen molar-refractivity contribution in [1.82, 2.24) is 0 Å². The van der Waals surface area contributed by atoms with E-state index in [1.165, 1.54) is 6.07 Å². The van der Waals surface area contributed by atoms with Crippen LogP contribution in [-0.4, -0.2) is 12.8 Å². The van der Waals surface area contributed by atoms with Crippen LogP contribution in [-0.2, 0) is 0 Å². The monoisotopic (exact) mass is 337 g/mol. The van der Waals surface area contributed by atoms with Gasteiger partial charge in [0.2, 0.25) is 0 Å². The second kappa shape index (κ2) is 5.65. The molecule has 0 aromatic heterocycles. The number of benzene rings is 1. The summed E-state index contributed by atoms with van der Waals surface area (Å²) < 4.78 is 14.5. The molecule has 3 N–H and O–H groups in total. The lowest BCUT2D eigenvalue weighted by Gasteiger charge is -2.40. The van der Waals surface area contributed by atoms with Gasteiger partial charge in [-0.25, -0.2) is 9.65 Å². The van der Waals surface area contributed by atoms with Gasteiger partial charge in [0, 0.05) is 22.2 Å². The van der Waals surface area contributed by atoms with Crippen LogP contribution in [0.5, 0.6) is 0 Å². The van der Waals surface area contributed by atoms with Gasteiger partial charge in [-0.3, -0.25) is 0 Å². The summed E-state index contributed by atoms with van der Waals surface area (Å²) in [7, 11) is 0. The molecular formula is C14H18BBrFN3. The Morgan fingerprint density at radius 2 is 2.25 bits per heavy atom. The van der Waals surface area contributed by atoms with Crippen LogP contribution in [0.1, 0.15) is 20.3 Å². The molecule has 0 amide bonds. The number of nitrogens with two attached hydrogens (primary N) is 1. The van der Waals surface area contributed by atoms with Crippen LogP contribution in [0.2, 0.25) is 12.6 Å². The van der Waals surface area contributed by atoms with E-state index >= 15 is 0 Å². The molecule has 1 heterocycles. The molecule has 6 heteroatoms. The highest BCUT2D eigenvalue weighted by Crippen LogP contribution is 2.39. The smallest absolute Gasteiger partial charge is 0.268 e. The Balaban J connectivity index is 2.18. The largest absolute Gasteiger partial charge is 0.398 e. The van der Waals surface area contributed by atoms with Crippen LogP contribution in [0, 0.1) is 22.5 Å². The summed E-state index contributed by atoms with van der Waals surface area (Å²) in [6, 6.07) is 3.14. The summed E-state index contributed by atoms with van der Waals surface area (Å²) in [6.45, 7) is 4.34. The van der Waals surface area contributed by atoms with Crippen molar-refractivity contribution >= 4 is 34.0 Å². The Kier molecular flexibility index (Phi) is 4.29. The molecule has 1 unspecified atom stereocenters. The van der Waals surface area contributed by atoms with Crippen LogP contribution in [0.4, 0.5) is 15.8 Å². The van der Waals surface area contributed by atoms with Crippen LogP contribution in [0.25, 0.3) is 0 Å². The van der Waals surface area contributed by atoms with Crippen molar-refractivity contribution in [3.05, 3.63) is 22.4 Å². The van der Waals surface area contributed by atoms with E-state index in [9.17, 15) is 4.39 Å². The highest BCUT2D eigenvalue weighted by molar-refractivity contribution is 9.10. The number of halogens is 2. The maximum Gasteiger partial charge on any atom is 0.268 e. The number of nitrogen functional groups attached to an aromatic ring is 1. The van der Waals surface area contributed by atoms with Crippen molar-refractivity contribution < 1.29 is 4.39 Å². The molecule has 1 fully saturated rings. The summed E-state index contributed by atoms with van der Waals surface area (Å²) in [6.07, 6.45) is 2.54. The summed E-state index contributed by atoms with van der Waals surface area (Å²) in [5.74, 6) is 2.03. The van der Waals surface area contributed by atoms with E-state index in [1.54, 1.807) is 6.07 Å². The van der Waals surface area contributed by atoms with E-state index < -0.39 is 0 Å². The molecule has 1 aliphatic heterocycles. The molecule has 1 aliphatic rings. The van der Waals surface area contributed by atoms with Crippen molar-refractivity contribution in [1.29, 1.82) is 5.26 Å². The lowest BCUT2D eigenvalue weighted by Crippen LogP contribution is -2.43. The number of nitrogens with one attached hydrogen (secondary N) is 1. The zero-order valence-electron chi connectivity index (χ0n) is 11.7. The lowest BCUT2D eigenvalue weighted by molar-refractivity contribution is 0.316. The van der Waals surface area contributed by atoms with Crippen molar-refractivity contribution in [2.24, 2.45) is 5.41 Å². The van der Waals surface area contributed by atoms with E-state index in [0.717, 1.165) is 19.1 Å². The fraction of sp³-hybridized carbons (Fsp3) is 0.500. The Bertz CT molecular complexity index is 556. The molecule has 106 valence electrons. The van der Waals surface area contributed by atoms with Crippen LogP contribution < -0.4 is 11.1 Å². The van der Waals surface area contributed by atoms with Gasteiger partial charge in [-0.2, -0.15) is 0 Å². The first-order valence-electron chi connectivity index (χ1n) is 6.74. The highest BCUT2D eigenvalue weighted by Gasteiger charge is 2.39. The minimum atomic E-state index is -0.315. The van der Waals surface area contributed by atoms with Crippen LogP contribution in [0.3, 0.4) is 0 Å². The van der Waals surface area contributed by atoms with Gasteiger partial charge >= 0.3 is 0 Å². The molecule has 0 saturated carbocycles. The number of hydrogen-bond donors (Lipinski definition) is 2. The maximum absolute atomic E-state index is 14.0. The molecule has 0 bridgehead atoms. The molecule has 0 spiro atoms. The van der Waals surface area contributed by atoms with Gasteiger partial charge in [-0.15, -0.1) is 0 Å². The standard InChI is InChI=1S/C14H18BBrFN3/c1-14(2)7-15(8-18)4-3-13(14)20-12-6-11(19)9(16)5-10(12)17/h5-6,13,20H,3-4,7,19H2,1-2H3. The first kappa shape index (κ1) is 15.2. The summed E-state index contributed by atoms with van der Waals surface area (Å²) in [5, 5.41) is 12.3. The third-order valence-electron chi connectivity index (χ3n) is 4.12. The molecule has 1 aromatic carbocycles. The van der Waals surface area contributed by atoms with Crippen LogP contribution in [0.15, 0.2) is 16.6 Å². The van der Waals surface area contributed by atoms with Gasteiger partial charge in [0.1, 0.15) is 5.82 Å². The quantitative estimate of drug-likeness (QED) is 0.634. The molecule has 0 radical (unpaired) electrons. The first-order chi connectivity index (χ1) is 9.33. The van der Waals surface area contributed by atoms with Gasteiger partial charge < -0.3 is 11.1 Å². The fourth-order valence-electron chi connectivity index (χ4n) is 2.88. The molecular weight excluding hydrogens is 320 g/mol. The van der Waals surface area contributed by atoms with Gasteiger partial charge in [0.25, 0.3) is 6.71 Å². The Hall–Kier alpha value is -1.22. The normalized spacial score (nSPS) is 21.4. The second-order valence-corrected chi connectivity index (χ2v) is 7.00. The van der Waals surface area contributed by atoms with E-state index in [1.807, 2.05) is 0 Å².